The fourth-order valence-electron chi connectivity index (χ4n) is 3.95. The maximum Gasteiger partial charge on any atom is 0.257 e. The minimum atomic E-state index is -3.30. The summed E-state index contributed by atoms with van der Waals surface area (Å²) in [6, 6.07) is 5.36. The molecule has 1 aromatic carbocycles. The molecule has 0 bridgehead atoms. The number of rotatable bonds is 7. The van der Waals surface area contributed by atoms with Gasteiger partial charge in [-0.05, 0) is 61.3 Å². The van der Waals surface area contributed by atoms with Crippen LogP contribution in [0.25, 0.3) is 5.57 Å². The summed E-state index contributed by atoms with van der Waals surface area (Å²) in [4.78, 5) is 17.7. The SMILES string of the molecule is O=C(Nc1ncc(Cl)s1)C(=CC1CCOC1)c1ccc(S(=O)(=O)C2CC2)c(C2CC2)c1. The lowest BCUT2D eigenvalue weighted by atomic mass is 9.96. The smallest absolute Gasteiger partial charge is 0.257 e. The maximum absolute atomic E-state index is 13.2. The Kier molecular flexibility index (Phi) is 5.66. The second kappa shape index (κ2) is 8.31. The second-order valence-corrected chi connectivity index (χ2v) is 12.3. The molecule has 3 fully saturated rings. The molecule has 0 spiro atoms. The van der Waals surface area contributed by atoms with Crippen molar-refractivity contribution in [3.8, 4) is 0 Å². The highest BCUT2D eigenvalue weighted by molar-refractivity contribution is 7.92. The molecule has 1 atom stereocenters. The van der Waals surface area contributed by atoms with E-state index in [9.17, 15) is 13.2 Å². The van der Waals surface area contributed by atoms with Gasteiger partial charge in [-0.25, -0.2) is 13.4 Å². The summed E-state index contributed by atoms with van der Waals surface area (Å²) in [6.07, 6.45) is 7.73. The fourth-order valence-corrected chi connectivity index (χ4v) is 6.68. The highest BCUT2D eigenvalue weighted by Crippen LogP contribution is 2.46. The van der Waals surface area contributed by atoms with Gasteiger partial charge < -0.3 is 4.74 Å². The molecule has 9 heteroatoms. The predicted octanol–water partition coefficient (Wildman–Crippen LogP) is 4.67. The van der Waals surface area contributed by atoms with E-state index >= 15 is 0 Å². The molecule has 2 heterocycles. The molecule has 3 aliphatic rings. The van der Waals surface area contributed by atoms with Crippen molar-refractivity contribution >= 4 is 49.4 Å². The van der Waals surface area contributed by atoms with Crippen LogP contribution in [0.2, 0.25) is 4.34 Å². The van der Waals surface area contributed by atoms with Gasteiger partial charge in [0.2, 0.25) is 0 Å². The summed E-state index contributed by atoms with van der Waals surface area (Å²) in [6.45, 7) is 1.24. The predicted molar refractivity (Wildman–Crippen MR) is 121 cm³/mol. The molecule has 1 unspecified atom stereocenters. The molecule has 31 heavy (non-hydrogen) atoms. The molecule has 5 rings (SSSR count). The molecule has 1 aliphatic heterocycles. The van der Waals surface area contributed by atoms with E-state index in [1.165, 1.54) is 17.5 Å². The Hall–Kier alpha value is -1.74. The molecule has 2 aliphatic carbocycles. The van der Waals surface area contributed by atoms with E-state index in [1.54, 1.807) is 12.1 Å². The standard InChI is InChI=1S/C22H23ClN2O4S2/c23-20-11-24-22(30-20)25-21(26)18(9-13-7-8-29-12-13)15-3-6-19(17(10-15)14-1-2-14)31(27,28)16-4-5-16/h3,6,9-11,13-14,16H,1-2,4-5,7-8,12H2,(H,24,25,26). The number of hydrogen-bond donors (Lipinski definition) is 1. The van der Waals surface area contributed by atoms with Crippen molar-refractivity contribution in [3.05, 3.63) is 45.9 Å². The topological polar surface area (TPSA) is 85.4 Å². The normalized spacial score (nSPS) is 22.0. The summed E-state index contributed by atoms with van der Waals surface area (Å²) in [5.41, 5.74) is 2.09. The summed E-state index contributed by atoms with van der Waals surface area (Å²) in [5, 5.41) is 3.01. The monoisotopic (exact) mass is 478 g/mol. The minimum absolute atomic E-state index is 0.139. The number of carbonyl (C=O) groups excluding carboxylic acids is 1. The summed E-state index contributed by atoms with van der Waals surface area (Å²) in [5.74, 6) is 0.109. The third-order valence-corrected chi connectivity index (χ3v) is 9.28. The molecule has 1 amide bonds. The van der Waals surface area contributed by atoms with E-state index in [0.717, 1.165) is 43.2 Å². The van der Waals surface area contributed by atoms with Gasteiger partial charge in [-0.3, -0.25) is 10.1 Å². The number of sulfone groups is 1. The minimum Gasteiger partial charge on any atom is -0.381 e. The van der Waals surface area contributed by atoms with E-state index in [0.29, 0.717) is 33.2 Å². The van der Waals surface area contributed by atoms with Crippen molar-refractivity contribution in [3.63, 3.8) is 0 Å². The van der Waals surface area contributed by atoms with Crippen LogP contribution < -0.4 is 5.32 Å². The van der Waals surface area contributed by atoms with Crippen LogP contribution in [0.15, 0.2) is 35.4 Å². The van der Waals surface area contributed by atoms with Gasteiger partial charge in [-0.2, -0.15) is 0 Å². The lowest BCUT2D eigenvalue weighted by Crippen LogP contribution is -2.16. The lowest BCUT2D eigenvalue weighted by molar-refractivity contribution is -0.111. The third kappa shape index (κ3) is 4.58. The number of ether oxygens (including phenoxy) is 1. The first-order valence-corrected chi connectivity index (χ1v) is 13.3. The Balaban J connectivity index is 1.52. The van der Waals surface area contributed by atoms with Gasteiger partial charge >= 0.3 is 0 Å². The number of anilines is 1. The third-order valence-electron chi connectivity index (χ3n) is 5.92. The van der Waals surface area contributed by atoms with Crippen molar-refractivity contribution in [2.45, 2.75) is 48.2 Å². The number of thiazole rings is 1. The fraction of sp³-hybridized carbons (Fsp3) is 0.455. The van der Waals surface area contributed by atoms with Crippen molar-refractivity contribution in [2.24, 2.45) is 5.92 Å². The van der Waals surface area contributed by atoms with Crippen LogP contribution in [-0.4, -0.2) is 37.8 Å². The first kappa shape index (κ1) is 21.1. The van der Waals surface area contributed by atoms with Crippen molar-refractivity contribution in [1.82, 2.24) is 4.98 Å². The van der Waals surface area contributed by atoms with Crippen LogP contribution in [0.4, 0.5) is 5.13 Å². The zero-order chi connectivity index (χ0) is 21.6. The van der Waals surface area contributed by atoms with Gasteiger partial charge in [-0.15, -0.1) is 0 Å². The Labute approximate surface area is 190 Å². The van der Waals surface area contributed by atoms with Gasteiger partial charge in [0.05, 0.1) is 22.9 Å². The maximum atomic E-state index is 13.2. The van der Waals surface area contributed by atoms with Crippen LogP contribution >= 0.6 is 22.9 Å². The average Bonchev–Trinajstić information content (AvgIpc) is 3.67. The largest absolute Gasteiger partial charge is 0.381 e. The molecule has 2 aromatic rings. The summed E-state index contributed by atoms with van der Waals surface area (Å²) < 4.78 is 31.9. The van der Waals surface area contributed by atoms with E-state index < -0.39 is 9.84 Å². The van der Waals surface area contributed by atoms with E-state index in [4.69, 9.17) is 16.3 Å². The van der Waals surface area contributed by atoms with Gasteiger partial charge in [-0.1, -0.05) is 35.1 Å². The molecule has 0 radical (unpaired) electrons. The molecule has 2 saturated carbocycles. The Morgan fingerprint density at radius 1 is 1.23 bits per heavy atom. The van der Waals surface area contributed by atoms with E-state index in [2.05, 4.69) is 10.3 Å². The van der Waals surface area contributed by atoms with Crippen molar-refractivity contribution in [1.29, 1.82) is 0 Å². The number of hydrogen-bond acceptors (Lipinski definition) is 6. The summed E-state index contributed by atoms with van der Waals surface area (Å²) >= 11 is 7.14. The Morgan fingerprint density at radius 2 is 2.03 bits per heavy atom. The second-order valence-electron chi connectivity index (χ2n) is 8.40. The molecular formula is C22H23ClN2O4S2. The number of benzene rings is 1. The molecule has 164 valence electrons. The Morgan fingerprint density at radius 3 is 2.65 bits per heavy atom. The first-order chi connectivity index (χ1) is 14.9. The molecule has 1 N–H and O–H groups in total. The first-order valence-electron chi connectivity index (χ1n) is 10.5. The lowest BCUT2D eigenvalue weighted by Gasteiger charge is -2.15. The summed E-state index contributed by atoms with van der Waals surface area (Å²) in [7, 11) is -3.30. The van der Waals surface area contributed by atoms with Crippen LogP contribution in [0, 0.1) is 5.92 Å². The zero-order valence-electron chi connectivity index (χ0n) is 16.8. The van der Waals surface area contributed by atoms with Crippen molar-refractivity contribution < 1.29 is 17.9 Å². The highest BCUT2D eigenvalue weighted by Gasteiger charge is 2.40. The zero-order valence-corrected chi connectivity index (χ0v) is 19.2. The molecular weight excluding hydrogens is 456 g/mol. The number of halogens is 1. The molecule has 1 aromatic heterocycles. The number of amides is 1. The van der Waals surface area contributed by atoms with E-state index in [-0.39, 0.29) is 23.0 Å². The molecule has 1 saturated heterocycles. The van der Waals surface area contributed by atoms with Gasteiger partial charge in [0.25, 0.3) is 5.91 Å². The van der Waals surface area contributed by atoms with E-state index in [1.807, 2.05) is 12.1 Å². The van der Waals surface area contributed by atoms with Crippen molar-refractivity contribution in [2.75, 3.05) is 18.5 Å². The van der Waals surface area contributed by atoms with Crippen LogP contribution in [0.1, 0.15) is 49.1 Å². The van der Waals surface area contributed by atoms with Gasteiger partial charge in [0, 0.05) is 18.1 Å². The van der Waals surface area contributed by atoms with Gasteiger partial charge in [0.1, 0.15) is 4.34 Å². The van der Waals surface area contributed by atoms with Crippen LogP contribution in [-0.2, 0) is 19.4 Å². The average molecular weight is 479 g/mol. The highest BCUT2D eigenvalue weighted by atomic mass is 35.5. The van der Waals surface area contributed by atoms with Crippen LogP contribution in [0.5, 0.6) is 0 Å². The van der Waals surface area contributed by atoms with Gasteiger partial charge in [0.15, 0.2) is 15.0 Å². The molecule has 6 nitrogen and oxygen atoms in total. The number of carbonyl (C=O) groups is 1. The number of nitrogens with zero attached hydrogens (tertiary/aromatic N) is 1. The number of aromatic nitrogens is 1. The quantitative estimate of drug-likeness (QED) is 0.584. The Bertz CT molecular complexity index is 1140. The number of nitrogens with one attached hydrogen (secondary N) is 1. The van der Waals surface area contributed by atoms with Crippen LogP contribution in [0.3, 0.4) is 0 Å².